The van der Waals surface area contributed by atoms with Crippen LogP contribution in [0.3, 0.4) is 0 Å². The molecule has 142 valence electrons. The van der Waals surface area contributed by atoms with E-state index in [4.69, 9.17) is 0 Å². The Balaban J connectivity index is 1.68. The first-order valence-electron chi connectivity index (χ1n) is 8.40. The van der Waals surface area contributed by atoms with Crippen LogP contribution in [0, 0.1) is 11.6 Å². The summed E-state index contributed by atoms with van der Waals surface area (Å²) in [7, 11) is 0. The maximum absolute atomic E-state index is 14.2. The molecule has 4 aromatic rings. The van der Waals surface area contributed by atoms with Gasteiger partial charge in [0.05, 0.1) is 21.2 Å². The lowest BCUT2D eigenvalue weighted by Gasteiger charge is -2.12. The maximum Gasteiger partial charge on any atom is 0.268 e. The van der Waals surface area contributed by atoms with Gasteiger partial charge in [-0.05, 0) is 45.8 Å². The van der Waals surface area contributed by atoms with Gasteiger partial charge in [0.15, 0.2) is 0 Å². The molecule has 28 heavy (non-hydrogen) atoms. The lowest BCUT2D eigenvalue weighted by molar-refractivity contribution is 0.0942. The molecule has 4 rings (SSSR count). The van der Waals surface area contributed by atoms with E-state index in [-0.39, 0.29) is 12.5 Å². The van der Waals surface area contributed by atoms with Gasteiger partial charge in [0.25, 0.3) is 5.91 Å². The van der Waals surface area contributed by atoms with Crippen LogP contribution in [0.4, 0.5) is 8.78 Å². The molecule has 0 atom stereocenters. The number of thiophene rings is 1. The largest absolute Gasteiger partial charge is 0.347 e. The van der Waals surface area contributed by atoms with E-state index < -0.39 is 11.6 Å². The van der Waals surface area contributed by atoms with Gasteiger partial charge in [-0.1, -0.05) is 6.07 Å². The lowest BCUT2D eigenvalue weighted by atomic mass is 10.2. The number of carbonyl (C=O) groups excluding carboxylic acids is 1. The minimum Gasteiger partial charge on any atom is -0.347 e. The van der Waals surface area contributed by atoms with Gasteiger partial charge in [-0.3, -0.25) is 9.78 Å². The summed E-state index contributed by atoms with van der Waals surface area (Å²) in [6, 6.07) is 8.89. The molecule has 0 spiro atoms. The van der Waals surface area contributed by atoms with Gasteiger partial charge in [0.2, 0.25) is 0 Å². The number of hydrogen-bond donors (Lipinski definition) is 1. The molecule has 0 fully saturated rings. The summed E-state index contributed by atoms with van der Waals surface area (Å²) in [5, 5.41) is 4.80. The SMILES string of the molecule is O=C(NCc1ccncc1)c1cc2scc(Br)c2n1Cc1ccc(F)cc1F. The number of pyridine rings is 1. The number of nitrogens with one attached hydrogen (secondary N) is 1. The molecule has 4 nitrogen and oxygen atoms in total. The number of carbonyl (C=O) groups is 1. The van der Waals surface area contributed by atoms with Crippen molar-refractivity contribution >= 4 is 43.4 Å². The summed E-state index contributed by atoms with van der Waals surface area (Å²) in [6.07, 6.45) is 3.32. The van der Waals surface area contributed by atoms with Gasteiger partial charge in [0.1, 0.15) is 17.3 Å². The van der Waals surface area contributed by atoms with Crippen LogP contribution < -0.4 is 5.32 Å². The third-order valence-electron chi connectivity index (χ3n) is 4.36. The van der Waals surface area contributed by atoms with E-state index in [1.54, 1.807) is 23.0 Å². The normalized spacial score (nSPS) is 11.1. The van der Waals surface area contributed by atoms with E-state index in [1.165, 1.54) is 23.5 Å². The molecule has 0 unspecified atom stereocenters. The number of amides is 1. The minimum atomic E-state index is -0.642. The molecule has 1 amide bonds. The lowest BCUT2D eigenvalue weighted by Crippen LogP contribution is -2.25. The van der Waals surface area contributed by atoms with Crippen molar-refractivity contribution in [2.75, 3.05) is 0 Å². The standard InChI is InChI=1S/C20H14BrF2N3OS/c21-15-11-28-18-8-17(20(27)25-9-12-3-5-24-6-4-12)26(19(15)18)10-13-1-2-14(22)7-16(13)23/h1-8,11H,9-10H2,(H,25,27). The summed E-state index contributed by atoms with van der Waals surface area (Å²) in [6.45, 7) is 0.467. The molecule has 0 saturated carbocycles. The third kappa shape index (κ3) is 3.70. The maximum atomic E-state index is 14.2. The summed E-state index contributed by atoms with van der Waals surface area (Å²) >= 11 is 4.98. The predicted octanol–water partition coefficient (Wildman–Crippen LogP) is 5.12. The Morgan fingerprint density at radius 3 is 2.71 bits per heavy atom. The average molecular weight is 462 g/mol. The fourth-order valence-corrected chi connectivity index (χ4v) is 4.67. The van der Waals surface area contributed by atoms with Crippen molar-refractivity contribution in [3.8, 4) is 0 Å². The molecular formula is C20H14BrF2N3OS. The Kier molecular flexibility index (Phi) is 5.23. The predicted molar refractivity (Wildman–Crippen MR) is 108 cm³/mol. The smallest absolute Gasteiger partial charge is 0.268 e. The van der Waals surface area contributed by atoms with Crippen molar-refractivity contribution in [3.05, 3.63) is 87.1 Å². The third-order valence-corrected chi connectivity index (χ3v) is 6.18. The molecular weight excluding hydrogens is 448 g/mol. The van der Waals surface area contributed by atoms with E-state index in [0.29, 0.717) is 17.8 Å². The zero-order chi connectivity index (χ0) is 19.7. The zero-order valence-electron chi connectivity index (χ0n) is 14.5. The van der Waals surface area contributed by atoms with E-state index in [1.807, 2.05) is 17.5 Å². The molecule has 0 aliphatic rings. The average Bonchev–Trinajstić information content (AvgIpc) is 3.23. The minimum absolute atomic E-state index is 0.114. The molecule has 1 N–H and O–H groups in total. The van der Waals surface area contributed by atoms with Gasteiger partial charge in [0, 0.05) is 35.9 Å². The van der Waals surface area contributed by atoms with E-state index in [2.05, 4.69) is 26.2 Å². The second-order valence-electron chi connectivity index (χ2n) is 6.19. The van der Waals surface area contributed by atoms with Crippen LogP contribution in [0.5, 0.6) is 0 Å². The quantitative estimate of drug-likeness (QED) is 0.448. The number of aromatic nitrogens is 2. The van der Waals surface area contributed by atoms with Gasteiger partial charge in [-0.25, -0.2) is 8.78 Å². The van der Waals surface area contributed by atoms with Crippen LogP contribution in [-0.4, -0.2) is 15.5 Å². The van der Waals surface area contributed by atoms with Gasteiger partial charge < -0.3 is 9.88 Å². The van der Waals surface area contributed by atoms with Crippen molar-refractivity contribution in [3.63, 3.8) is 0 Å². The number of fused-ring (bicyclic) bond motifs is 1. The first kappa shape index (κ1) is 18.8. The number of hydrogen-bond acceptors (Lipinski definition) is 3. The number of nitrogens with zero attached hydrogens (tertiary/aromatic N) is 2. The zero-order valence-corrected chi connectivity index (χ0v) is 16.9. The second kappa shape index (κ2) is 7.81. The molecule has 0 radical (unpaired) electrons. The summed E-state index contributed by atoms with van der Waals surface area (Å²) in [5.41, 5.74) is 2.46. The molecule has 0 bridgehead atoms. The Bertz CT molecular complexity index is 1160. The molecule has 1 aromatic carbocycles. The van der Waals surface area contributed by atoms with Crippen molar-refractivity contribution in [2.45, 2.75) is 13.1 Å². The van der Waals surface area contributed by atoms with Crippen LogP contribution in [0.15, 0.2) is 58.6 Å². The monoisotopic (exact) mass is 461 g/mol. The van der Waals surface area contributed by atoms with E-state index in [0.717, 1.165) is 26.3 Å². The first-order valence-corrected chi connectivity index (χ1v) is 10.1. The van der Waals surface area contributed by atoms with Crippen molar-refractivity contribution in [2.24, 2.45) is 0 Å². The molecule has 0 saturated heterocycles. The van der Waals surface area contributed by atoms with Crippen LogP contribution in [0.1, 0.15) is 21.6 Å². The van der Waals surface area contributed by atoms with E-state index in [9.17, 15) is 13.6 Å². The second-order valence-corrected chi connectivity index (χ2v) is 7.95. The fourth-order valence-electron chi connectivity index (χ4n) is 2.98. The van der Waals surface area contributed by atoms with Crippen LogP contribution in [0.25, 0.3) is 10.2 Å². The van der Waals surface area contributed by atoms with Crippen molar-refractivity contribution in [1.82, 2.24) is 14.9 Å². The molecule has 0 aliphatic heterocycles. The Morgan fingerprint density at radius 1 is 1.18 bits per heavy atom. The topological polar surface area (TPSA) is 46.9 Å². The van der Waals surface area contributed by atoms with Crippen molar-refractivity contribution < 1.29 is 13.6 Å². The van der Waals surface area contributed by atoms with Crippen LogP contribution in [0.2, 0.25) is 0 Å². The van der Waals surface area contributed by atoms with Gasteiger partial charge in [-0.15, -0.1) is 11.3 Å². The van der Waals surface area contributed by atoms with Gasteiger partial charge in [-0.2, -0.15) is 0 Å². The summed E-state index contributed by atoms with van der Waals surface area (Å²) < 4.78 is 30.9. The Labute approximate surface area is 172 Å². The molecule has 3 heterocycles. The fraction of sp³-hybridized carbons (Fsp3) is 0.100. The Morgan fingerprint density at radius 2 is 1.96 bits per heavy atom. The highest BCUT2D eigenvalue weighted by Crippen LogP contribution is 2.34. The molecule has 3 aromatic heterocycles. The molecule has 8 heteroatoms. The highest BCUT2D eigenvalue weighted by Gasteiger charge is 2.20. The van der Waals surface area contributed by atoms with Gasteiger partial charge >= 0.3 is 0 Å². The number of rotatable bonds is 5. The first-order chi connectivity index (χ1) is 13.5. The summed E-state index contributed by atoms with van der Waals surface area (Å²) in [5.74, 6) is -1.54. The van der Waals surface area contributed by atoms with E-state index >= 15 is 0 Å². The number of halogens is 3. The van der Waals surface area contributed by atoms with Crippen LogP contribution >= 0.6 is 27.3 Å². The summed E-state index contributed by atoms with van der Waals surface area (Å²) in [4.78, 5) is 16.8. The van der Waals surface area contributed by atoms with Crippen LogP contribution in [-0.2, 0) is 13.1 Å². The Hall–Kier alpha value is -2.58. The number of benzene rings is 1. The highest BCUT2D eigenvalue weighted by molar-refractivity contribution is 9.10. The van der Waals surface area contributed by atoms with Crippen molar-refractivity contribution in [1.29, 1.82) is 0 Å². The highest BCUT2D eigenvalue weighted by atomic mass is 79.9. The molecule has 0 aliphatic carbocycles.